The van der Waals surface area contributed by atoms with Crippen LogP contribution in [0.3, 0.4) is 0 Å². The van der Waals surface area contributed by atoms with Crippen LogP contribution < -0.4 is 5.32 Å². The number of carboxylic acid groups (broad SMARTS) is 1. The van der Waals surface area contributed by atoms with Gasteiger partial charge in [-0.2, -0.15) is 0 Å². The first-order valence-electron chi connectivity index (χ1n) is 6.86. The molecule has 114 valence electrons. The Morgan fingerprint density at radius 1 is 1.52 bits per heavy atom. The molecular weight excluding hydrogens is 294 g/mol. The second-order valence-corrected chi connectivity index (χ2v) is 5.64. The number of hydrogen-bond donors (Lipinski definition) is 2. The number of hydrogen-bond acceptors (Lipinski definition) is 4. The monoisotopic (exact) mass is 311 g/mol. The second-order valence-electron chi connectivity index (χ2n) is 5.20. The van der Waals surface area contributed by atoms with E-state index in [4.69, 9.17) is 16.7 Å². The molecule has 0 aliphatic carbocycles. The van der Waals surface area contributed by atoms with Gasteiger partial charge in [-0.05, 0) is 38.4 Å². The van der Waals surface area contributed by atoms with Crippen LogP contribution in [-0.2, 0) is 9.59 Å². The summed E-state index contributed by atoms with van der Waals surface area (Å²) in [5.41, 5.74) is 0. The number of pyridine rings is 1. The average Bonchev–Trinajstić information content (AvgIpc) is 2.48. The minimum absolute atomic E-state index is 0.132. The zero-order chi connectivity index (χ0) is 15.4. The van der Waals surface area contributed by atoms with Crippen molar-refractivity contribution < 1.29 is 14.7 Å². The van der Waals surface area contributed by atoms with Crippen molar-refractivity contribution in [3.63, 3.8) is 0 Å². The zero-order valence-electron chi connectivity index (χ0n) is 11.8. The van der Waals surface area contributed by atoms with Crippen molar-refractivity contribution in [3.8, 4) is 0 Å². The van der Waals surface area contributed by atoms with Crippen LogP contribution in [0.15, 0.2) is 18.3 Å². The number of nitrogens with one attached hydrogen (secondary N) is 1. The van der Waals surface area contributed by atoms with Crippen molar-refractivity contribution in [3.05, 3.63) is 23.4 Å². The van der Waals surface area contributed by atoms with E-state index >= 15 is 0 Å². The Labute approximate surface area is 128 Å². The number of carboxylic acids is 1. The van der Waals surface area contributed by atoms with E-state index in [-0.39, 0.29) is 11.8 Å². The molecule has 2 atom stereocenters. The molecule has 1 aliphatic heterocycles. The van der Waals surface area contributed by atoms with Crippen molar-refractivity contribution >= 4 is 29.3 Å². The van der Waals surface area contributed by atoms with Gasteiger partial charge in [0.2, 0.25) is 5.91 Å². The third kappa shape index (κ3) is 4.15. The number of carbonyl (C=O) groups excluding carboxylic acids is 1. The van der Waals surface area contributed by atoms with Crippen LogP contribution in [0.25, 0.3) is 0 Å². The summed E-state index contributed by atoms with van der Waals surface area (Å²) in [6.07, 6.45) is 3.03. The van der Waals surface area contributed by atoms with E-state index < -0.39 is 12.0 Å². The van der Waals surface area contributed by atoms with Gasteiger partial charge in [0.25, 0.3) is 0 Å². The second kappa shape index (κ2) is 6.87. The molecule has 1 aliphatic rings. The van der Waals surface area contributed by atoms with Gasteiger partial charge in [0.15, 0.2) is 0 Å². The number of carbonyl (C=O) groups is 2. The molecule has 0 unspecified atom stereocenters. The van der Waals surface area contributed by atoms with Gasteiger partial charge in [-0.3, -0.25) is 14.5 Å². The van der Waals surface area contributed by atoms with Gasteiger partial charge in [0.05, 0.1) is 10.9 Å². The zero-order valence-corrected chi connectivity index (χ0v) is 12.5. The van der Waals surface area contributed by atoms with E-state index in [1.54, 1.807) is 19.1 Å². The molecule has 1 amide bonds. The van der Waals surface area contributed by atoms with Gasteiger partial charge in [-0.25, -0.2) is 4.98 Å². The smallest absolute Gasteiger partial charge is 0.320 e. The maximum atomic E-state index is 12.2. The molecule has 0 aromatic carbocycles. The van der Waals surface area contributed by atoms with Gasteiger partial charge in [-0.15, -0.1) is 0 Å². The Kier molecular flexibility index (Phi) is 5.14. The number of aromatic nitrogens is 1. The standard InChI is InChI=1S/C14H18ClN3O3/c1-9(14(20)21)18-6-2-3-10(8-18)13(19)17-12-5-4-11(15)7-16-12/h4-5,7,9-10H,2-3,6,8H2,1H3,(H,20,21)(H,16,17,19)/t9-,10+/m1/s1. The Hall–Kier alpha value is -1.66. The molecule has 1 aromatic heterocycles. The fraction of sp³-hybridized carbons (Fsp3) is 0.500. The lowest BCUT2D eigenvalue weighted by atomic mass is 9.96. The maximum Gasteiger partial charge on any atom is 0.320 e. The predicted molar refractivity (Wildman–Crippen MR) is 79.3 cm³/mol. The highest BCUT2D eigenvalue weighted by atomic mass is 35.5. The van der Waals surface area contributed by atoms with E-state index in [9.17, 15) is 9.59 Å². The van der Waals surface area contributed by atoms with E-state index in [0.29, 0.717) is 23.9 Å². The van der Waals surface area contributed by atoms with Crippen LogP contribution in [-0.4, -0.2) is 46.0 Å². The molecule has 1 fully saturated rings. The van der Waals surface area contributed by atoms with Crippen molar-refractivity contribution in [1.29, 1.82) is 0 Å². The lowest BCUT2D eigenvalue weighted by Gasteiger charge is -2.34. The summed E-state index contributed by atoms with van der Waals surface area (Å²) < 4.78 is 0. The van der Waals surface area contributed by atoms with E-state index in [0.717, 1.165) is 12.8 Å². The molecule has 21 heavy (non-hydrogen) atoms. The summed E-state index contributed by atoms with van der Waals surface area (Å²) in [6, 6.07) is 2.72. The first-order valence-corrected chi connectivity index (χ1v) is 7.24. The maximum absolute atomic E-state index is 12.2. The van der Waals surface area contributed by atoms with Gasteiger partial charge < -0.3 is 10.4 Å². The van der Waals surface area contributed by atoms with Gasteiger partial charge in [-0.1, -0.05) is 11.6 Å². The molecule has 0 radical (unpaired) electrons. The molecule has 6 nitrogen and oxygen atoms in total. The molecule has 1 aromatic rings. The first kappa shape index (κ1) is 15.7. The van der Waals surface area contributed by atoms with Gasteiger partial charge in [0, 0.05) is 12.7 Å². The minimum atomic E-state index is -0.865. The number of amides is 1. The van der Waals surface area contributed by atoms with E-state index in [1.165, 1.54) is 6.20 Å². The normalized spacial score (nSPS) is 20.8. The summed E-state index contributed by atoms with van der Waals surface area (Å²) in [5, 5.41) is 12.3. The molecule has 0 saturated carbocycles. The van der Waals surface area contributed by atoms with Gasteiger partial charge >= 0.3 is 5.97 Å². The molecule has 1 saturated heterocycles. The SMILES string of the molecule is C[C@H](C(=O)O)N1CCC[C@H](C(=O)Nc2ccc(Cl)cn2)C1. The lowest BCUT2D eigenvalue weighted by molar-refractivity contribution is -0.144. The third-order valence-electron chi connectivity index (χ3n) is 3.71. The van der Waals surface area contributed by atoms with Crippen LogP contribution in [0.1, 0.15) is 19.8 Å². The highest BCUT2D eigenvalue weighted by molar-refractivity contribution is 6.30. The fourth-order valence-corrected chi connectivity index (χ4v) is 2.52. The topological polar surface area (TPSA) is 82.5 Å². The molecule has 2 rings (SSSR count). The molecular formula is C14H18ClN3O3. The van der Waals surface area contributed by atoms with Crippen molar-refractivity contribution in [2.75, 3.05) is 18.4 Å². The van der Waals surface area contributed by atoms with Crippen LogP contribution in [0.2, 0.25) is 5.02 Å². The van der Waals surface area contributed by atoms with E-state index in [2.05, 4.69) is 10.3 Å². The molecule has 7 heteroatoms. The Morgan fingerprint density at radius 2 is 2.29 bits per heavy atom. The van der Waals surface area contributed by atoms with Crippen LogP contribution in [0.4, 0.5) is 5.82 Å². The largest absolute Gasteiger partial charge is 0.480 e. The summed E-state index contributed by atoms with van der Waals surface area (Å²) in [5.74, 6) is -0.770. The molecule has 2 N–H and O–H groups in total. The summed E-state index contributed by atoms with van der Waals surface area (Å²) in [6.45, 7) is 2.80. The highest BCUT2D eigenvalue weighted by Crippen LogP contribution is 2.20. The summed E-state index contributed by atoms with van der Waals surface area (Å²) in [7, 11) is 0. The van der Waals surface area contributed by atoms with E-state index in [1.807, 2.05) is 4.90 Å². The van der Waals surface area contributed by atoms with Crippen LogP contribution in [0.5, 0.6) is 0 Å². The Bertz CT molecular complexity index is 521. The minimum Gasteiger partial charge on any atom is -0.480 e. The fourth-order valence-electron chi connectivity index (χ4n) is 2.41. The number of halogens is 1. The Morgan fingerprint density at radius 3 is 2.90 bits per heavy atom. The Balaban J connectivity index is 1.95. The highest BCUT2D eigenvalue weighted by Gasteiger charge is 2.30. The number of aliphatic carboxylic acids is 1. The summed E-state index contributed by atoms with van der Waals surface area (Å²) in [4.78, 5) is 29.1. The van der Waals surface area contributed by atoms with Crippen molar-refractivity contribution in [2.24, 2.45) is 5.92 Å². The predicted octanol–water partition coefficient (Wildman–Crippen LogP) is 1.86. The number of nitrogens with zero attached hydrogens (tertiary/aromatic N) is 2. The summed E-state index contributed by atoms with van der Waals surface area (Å²) >= 11 is 5.74. The average molecular weight is 312 g/mol. The molecule has 2 heterocycles. The molecule has 0 spiro atoms. The molecule has 0 bridgehead atoms. The van der Waals surface area contributed by atoms with Crippen LogP contribution >= 0.6 is 11.6 Å². The first-order chi connectivity index (χ1) is 9.97. The number of anilines is 1. The third-order valence-corrected chi connectivity index (χ3v) is 3.93. The van der Waals surface area contributed by atoms with Crippen molar-refractivity contribution in [2.45, 2.75) is 25.8 Å². The van der Waals surface area contributed by atoms with Gasteiger partial charge in [0.1, 0.15) is 11.9 Å². The lowest BCUT2D eigenvalue weighted by Crippen LogP contribution is -2.47. The van der Waals surface area contributed by atoms with Crippen molar-refractivity contribution in [1.82, 2.24) is 9.88 Å². The number of piperidine rings is 1. The number of likely N-dealkylation sites (tertiary alicyclic amines) is 1. The van der Waals surface area contributed by atoms with Crippen LogP contribution in [0, 0.1) is 5.92 Å². The number of rotatable bonds is 4. The quantitative estimate of drug-likeness (QED) is 0.887.